The lowest BCUT2D eigenvalue weighted by molar-refractivity contribution is 0.398. The molecule has 20 heavy (non-hydrogen) atoms. The second-order valence-electron chi connectivity index (χ2n) is 4.11. The summed E-state index contributed by atoms with van der Waals surface area (Å²) in [5.41, 5.74) is 0.566. The SMILES string of the molecule is COc1ccc(OC)c(C(Cl)c2cccc(F)c2F)c1. The van der Waals surface area contributed by atoms with Crippen LogP contribution in [0.1, 0.15) is 16.5 Å². The molecule has 0 N–H and O–H groups in total. The third kappa shape index (κ3) is 2.70. The van der Waals surface area contributed by atoms with Crippen LogP contribution >= 0.6 is 11.6 Å². The Balaban J connectivity index is 2.51. The van der Waals surface area contributed by atoms with Gasteiger partial charge in [0.25, 0.3) is 0 Å². The Morgan fingerprint density at radius 3 is 2.40 bits per heavy atom. The van der Waals surface area contributed by atoms with E-state index >= 15 is 0 Å². The van der Waals surface area contributed by atoms with Gasteiger partial charge in [0.1, 0.15) is 11.5 Å². The van der Waals surface area contributed by atoms with E-state index in [1.54, 1.807) is 18.2 Å². The molecular weight excluding hydrogens is 286 g/mol. The normalized spacial score (nSPS) is 12.1. The van der Waals surface area contributed by atoms with E-state index in [9.17, 15) is 8.78 Å². The first-order valence-electron chi connectivity index (χ1n) is 5.88. The molecule has 2 aromatic carbocycles. The summed E-state index contributed by atoms with van der Waals surface area (Å²) in [5.74, 6) is -0.856. The Labute approximate surface area is 120 Å². The average molecular weight is 299 g/mol. The molecular formula is C15H13ClF2O2. The second-order valence-corrected chi connectivity index (χ2v) is 4.55. The molecule has 0 spiro atoms. The fourth-order valence-corrected chi connectivity index (χ4v) is 2.26. The number of ether oxygens (including phenoxy) is 2. The van der Waals surface area contributed by atoms with Crippen molar-refractivity contribution in [2.75, 3.05) is 14.2 Å². The highest BCUT2D eigenvalue weighted by molar-refractivity contribution is 6.22. The molecule has 0 bridgehead atoms. The molecule has 0 aliphatic heterocycles. The number of rotatable bonds is 4. The summed E-state index contributed by atoms with van der Waals surface area (Å²) in [5, 5.41) is -0.879. The van der Waals surface area contributed by atoms with Gasteiger partial charge in [-0.25, -0.2) is 8.78 Å². The minimum atomic E-state index is -0.961. The van der Waals surface area contributed by atoms with Gasteiger partial charge in [0.2, 0.25) is 0 Å². The molecule has 2 nitrogen and oxygen atoms in total. The van der Waals surface area contributed by atoms with Crippen LogP contribution in [0.2, 0.25) is 0 Å². The highest BCUT2D eigenvalue weighted by Gasteiger charge is 2.21. The smallest absolute Gasteiger partial charge is 0.163 e. The number of methoxy groups -OCH3 is 2. The lowest BCUT2D eigenvalue weighted by atomic mass is 10.0. The third-order valence-electron chi connectivity index (χ3n) is 2.96. The van der Waals surface area contributed by atoms with Gasteiger partial charge >= 0.3 is 0 Å². The van der Waals surface area contributed by atoms with Crippen LogP contribution < -0.4 is 9.47 Å². The van der Waals surface area contributed by atoms with Crippen LogP contribution in [0.15, 0.2) is 36.4 Å². The third-order valence-corrected chi connectivity index (χ3v) is 3.43. The number of halogens is 3. The predicted octanol–water partition coefficient (Wildman–Crippen LogP) is 4.31. The molecule has 0 radical (unpaired) electrons. The summed E-state index contributed by atoms with van der Waals surface area (Å²) in [6, 6.07) is 8.91. The largest absolute Gasteiger partial charge is 0.497 e. The fraction of sp³-hybridized carbons (Fsp3) is 0.200. The molecule has 0 aliphatic carbocycles. The monoisotopic (exact) mass is 298 g/mol. The van der Waals surface area contributed by atoms with E-state index in [1.165, 1.54) is 26.4 Å². The maximum Gasteiger partial charge on any atom is 0.163 e. The minimum Gasteiger partial charge on any atom is -0.497 e. The molecule has 0 amide bonds. The topological polar surface area (TPSA) is 18.5 Å². The first-order valence-corrected chi connectivity index (χ1v) is 6.32. The zero-order chi connectivity index (χ0) is 14.7. The summed E-state index contributed by atoms with van der Waals surface area (Å²) >= 11 is 6.28. The number of benzene rings is 2. The van der Waals surface area contributed by atoms with Gasteiger partial charge in [0, 0.05) is 11.1 Å². The lowest BCUT2D eigenvalue weighted by Gasteiger charge is -2.16. The molecule has 0 fully saturated rings. The Kier molecular flexibility index (Phi) is 4.45. The van der Waals surface area contributed by atoms with Crippen molar-refractivity contribution in [3.8, 4) is 11.5 Å². The Morgan fingerprint density at radius 2 is 1.75 bits per heavy atom. The van der Waals surface area contributed by atoms with Gasteiger partial charge in [-0.1, -0.05) is 12.1 Å². The van der Waals surface area contributed by atoms with Crippen molar-refractivity contribution in [2.24, 2.45) is 0 Å². The maximum absolute atomic E-state index is 13.8. The van der Waals surface area contributed by atoms with Crippen molar-refractivity contribution < 1.29 is 18.3 Å². The number of hydrogen-bond donors (Lipinski definition) is 0. The van der Waals surface area contributed by atoms with Crippen molar-refractivity contribution in [1.29, 1.82) is 0 Å². The quantitative estimate of drug-likeness (QED) is 0.783. The molecule has 2 rings (SSSR count). The molecule has 106 valence electrons. The van der Waals surface area contributed by atoms with E-state index in [0.717, 1.165) is 6.07 Å². The highest BCUT2D eigenvalue weighted by Crippen LogP contribution is 2.38. The molecule has 5 heteroatoms. The first-order chi connectivity index (χ1) is 9.58. The average Bonchev–Trinajstić information content (AvgIpc) is 2.48. The van der Waals surface area contributed by atoms with Gasteiger partial charge in [-0.2, -0.15) is 0 Å². The van der Waals surface area contributed by atoms with Crippen LogP contribution in [0.3, 0.4) is 0 Å². The summed E-state index contributed by atoms with van der Waals surface area (Å²) in [7, 11) is 2.99. The standard InChI is InChI=1S/C15H13ClF2O2/c1-19-9-6-7-13(20-2)11(8-9)14(16)10-4-3-5-12(17)15(10)18/h3-8,14H,1-2H3. The van der Waals surface area contributed by atoms with Crippen molar-refractivity contribution in [1.82, 2.24) is 0 Å². The van der Waals surface area contributed by atoms with Crippen molar-refractivity contribution in [3.63, 3.8) is 0 Å². The summed E-state index contributed by atoms with van der Waals surface area (Å²) in [4.78, 5) is 0. The summed E-state index contributed by atoms with van der Waals surface area (Å²) in [6.07, 6.45) is 0. The molecule has 1 unspecified atom stereocenters. The summed E-state index contributed by atoms with van der Waals surface area (Å²) < 4.78 is 37.4. The Morgan fingerprint density at radius 1 is 1.00 bits per heavy atom. The van der Waals surface area contributed by atoms with Gasteiger partial charge in [-0.05, 0) is 24.3 Å². The van der Waals surface area contributed by atoms with E-state index in [1.807, 2.05) is 0 Å². The maximum atomic E-state index is 13.8. The van der Waals surface area contributed by atoms with Crippen LogP contribution in [0.5, 0.6) is 11.5 Å². The van der Waals surface area contributed by atoms with Crippen LogP contribution in [0.4, 0.5) is 8.78 Å². The van der Waals surface area contributed by atoms with Crippen LogP contribution in [-0.4, -0.2) is 14.2 Å². The molecule has 1 atom stereocenters. The molecule has 2 aromatic rings. The lowest BCUT2D eigenvalue weighted by Crippen LogP contribution is -2.02. The van der Waals surface area contributed by atoms with E-state index in [0.29, 0.717) is 17.1 Å². The van der Waals surface area contributed by atoms with Gasteiger partial charge in [-0.15, -0.1) is 11.6 Å². The zero-order valence-electron chi connectivity index (χ0n) is 11.0. The van der Waals surface area contributed by atoms with Crippen molar-refractivity contribution in [2.45, 2.75) is 5.38 Å². The van der Waals surface area contributed by atoms with E-state index < -0.39 is 17.0 Å². The van der Waals surface area contributed by atoms with Crippen molar-refractivity contribution >= 4 is 11.6 Å². The Hall–Kier alpha value is -1.81. The molecule has 0 aromatic heterocycles. The van der Waals surface area contributed by atoms with Gasteiger partial charge < -0.3 is 9.47 Å². The highest BCUT2D eigenvalue weighted by atomic mass is 35.5. The molecule has 0 saturated carbocycles. The zero-order valence-corrected chi connectivity index (χ0v) is 11.7. The van der Waals surface area contributed by atoms with Gasteiger partial charge in [0.15, 0.2) is 11.6 Å². The van der Waals surface area contributed by atoms with Gasteiger partial charge in [-0.3, -0.25) is 0 Å². The number of hydrogen-bond acceptors (Lipinski definition) is 2. The fourth-order valence-electron chi connectivity index (χ4n) is 1.92. The van der Waals surface area contributed by atoms with Crippen LogP contribution in [0, 0.1) is 11.6 Å². The minimum absolute atomic E-state index is 0.0539. The first kappa shape index (κ1) is 14.6. The molecule has 0 saturated heterocycles. The van der Waals surface area contributed by atoms with Crippen LogP contribution in [-0.2, 0) is 0 Å². The Bertz CT molecular complexity index is 617. The van der Waals surface area contributed by atoms with Crippen LogP contribution in [0.25, 0.3) is 0 Å². The molecule has 0 heterocycles. The predicted molar refractivity (Wildman–Crippen MR) is 73.6 cm³/mol. The van der Waals surface area contributed by atoms with Gasteiger partial charge in [0.05, 0.1) is 19.6 Å². The van der Waals surface area contributed by atoms with E-state index in [2.05, 4.69) is 0 Å². The molecule has 0 aliphatic rings. The second kappa shape index (κ2) is 6.09. The van der Waals surface area contributed by atoms with E-state index in [-0.39, 0.29) is 5.56 Å². The number of alkyl halides is 1. The van der Waals surface area contributed by atoms with E-state index in [4.69, 9.17) is 21.1 Å². The van der Waals surface area contributed by atoms with Crippen molar-refractivity contribution in [3.05, 3.63) is 59.2 Å². The summed E-state index contributed by atoms with van der Waals surface area (Å²) in [6.45, 7) is 0.